The number of urea groups is 1. The highest BCUT2D eigenvalue weighted by atomic mass is 16.5. The molecule has 22 heavy (non-hydrogen) atoms. The molecule has 116 valence electrons. The second kappa shape index (κ2) is 6.17. The predicted octanol–water partition coefficient (Wildman–Crippen LogP) is 2.91. The molecule has 6 nitrogen and oxygen atoms in total. The Morgan fingerprint density at radius 1 is 1.41 bits per heavy atom. The molecule has 0 bridgehead atoms. The van der Waals surface area contributed by atoms with Gasteiger partial charge in [0.25, 0.3) is 0 Å². The van der Waals surface area contributed by atoms with Gasteiger partial charge < -0.3 is 14.7 Å². The van der Waals surface area contributed by atoms with Gasteiger partial charge in [-0.15, -0.1) is 0 Å². The Kier molecular flexibility index (Phi) is 4.09. The van der Waals surface area contributed by atoms with E-state index in [1.54, 1.807) is 4.90 Å². The van der Waals surface area contributed by atoms with Crippen molar-refractivity contribution < 1.29 is 9.32 Å². The lowest BCUT2D eigenvalue weighted by atomic mass is 10.1. The molecule has 0 unspecified atom stereocenters. The van der Waals surface area contributed by atoms with Crippen LogP contribution in [0, 0.1) is 6.92 Å². The third-order valence-corrected chi connectivity index (χ3v) is 3.88. The molecule has 2 aromatic rings. The summed E-state index contributed by atoms with van der Waals surface area (Å²) in [6.07, 6.45) is 1.80. The van der Waals surface area contributed by atoms with Crippen molar-refractivity contribution in [1.29, 1.82) is 0 Å². The molecule has 0 spiro atoms. The number of rotatable bonds is 3. The molecule has 1 aromatic heterocycles. The summed E-state index contributed by atoms with van der Waals surface area (Å²) in [5.41, 5.74) is 2.11. The van der Waals surface area contributed by atoms with Crippen LogP contribution in [0.2, 0.25) is 0 Å². The van der Waals surface area contributed by atoms with Gasteiger partial charge in [0.05, 0.1) is 0 Å². The van der Waals surface area contributed by atoms with Gasteiger partial charge in [-0.1, -0.05) is 35.0 Å². The van der Waals surface area contributed by atoms with E-state index in [9.17, 15) is 4.79 Å². The van der Waals surface area contributed by atoms with Gasteiger partial charge in [0.1, 0.15) is 6.04 Å². The van der Waals surface area contributed by atoms with Gasteiger partial charge in [0.15, 0.2) is 0 Å². The normalized spacial score (nSPS) is 17.7. The first-order valence-corrected chi connectivity index (χ1v) is 7.64. The van der Waals surface area contributed by atoms with Crippen molar-refractivity contribution in [3.63, 3.8) is 0 Å². The summed E-state index contributed by atoms with van der Waals surface area (Å²) < 4.78 is 5.41. The number of likely N-dealkylation sites (tertiary alicyclic amines) is 1. The summed E-state index contributed by atoms with van der Waals surface area (Å²) >= 11 is 0. The lowest BCUT2D eigenvalue weighted by Crippen LogP contribution is -2.39. The van der Waals surface area contributed by atoms with Crippen LogP contribution in [0.15, 0.2) is 28.8 Å². The first-order valence-electron chi connectivity index (χ1n) is 7.64. The molecule has 0 radical (unpaired) electrons. The molecule has 0 aliphatic carbocycles. The molecule has 1 saturated heterocycles. The van der Waals surface area contributed by atoms with Crippen molar-refractivity contribution in [3.05, 3.63) is 35.7 Å². The lowest BCUT2D eigenvalue weighted by Gasteiger charge is -2.21. The maximum absolute atomic E-state index is 12.1. The first-order chi connectivity index (χ1) is 10.7. The fourth-order valence-electron chi connectivity index (χ4n) is 2.71. The summed E-state index contributed by atoms with van der Waals surface area (Å²) in [6, 6.07) is 7.78. The van der Waals surface area contributed by atoms with Crippen LogP contribution in [0.25, 0.3) is 11.4 Å². The monoisotopic (exact) mass is 300 g/mol. The highest BCUT2D eigenvalue weighted by molar-refractivity contribution is 5.74. The number of aryl methyl sites for hydroxylation is 1. The molecule has 1 fully saturated rings. The Hall–Kier alpha value is -2.37. The van der Waals surface area contributed by atoms with E-state index in [4.69, 9.17) is 4.52 Å². The van der Waals surface area contributed by atoms with Crippen molar-refractivity contribution in [3.8, 4) is 11.4 Å². The maximum atomic E-state index is 12.1. The van der Waals surface area contributed by atoms with Gasteiger partial charge in [-0.3, -0.25) is 0 Å². The Balaban J connectivity index is 1.80. The van der Waals surface area contributed by atoms with E-state index in [1.807, 2.05) is 38.1 Å². The molecule has 1 aliphatic heterocycles. The average molecular weight is 300 g/mol. The SMILES string of the molecule is CCNC(=O)N1CCC[C@H]1c1nc(-c2ccc(C)cc2)no1. The second-order valence-corrected chi connectivity index (χ2v) is 5.51. The van der Waals surface area contributed by atoms with Crippen LogP contribution in [-0.4, -0.2) is 34.2 Å². The minimum Gasteiger partial charge on any atom is -0.338 e. The van der Waals surface area contributed by atoms with Gasteiger partial charge in [0, 0.05) is 18.7 Å². The molecule has 3 rings (SSSR count). The Labute approximate surface area is 129 Å². The standard InChI is InChI=1S/C16H20N4O2/c1-3-17-16(21)20-10-4-5-13(20)15-18-14(19-22-15)12-8-6-11(2)7-9-12/h6-9,13H,3-5,10H2,1-2H3,(H,17,21)/t13-/m0/s1. The highest BCUT2D eigenvalue weighted by Gasteiger charge is 2.33. The summed E-state index contributed by atoms with van der Waals surface area (Å²) in [4.78, 5) is 18.3. The van der Waals surface area contributed by atoms with Crippen molar-refractivity contribution in [1.82, 2.24) is 20.4 Å². The third-order valence-electron chi connectivity index (χ3n) is 3.88. The summed E-state index contributed by atoms with van der Waals surface area (Å²) in [5.74, 6) is 1.08. The maximum Gasteiger partial charge on any atom is 0.318 e. The van der Waals surface area contributed by atoms with E-state index < -0.39 is 0 Å². The van der Waals surface area contributed by atoms with E-state index in [0.717, 1.165) is 24.9 Å². The number of aromatic nitrogens is 2. The van der Waals surface area contributed by atoms with Crippen LogP contribution in [0.3, 0.4) is 0 Å². The third kappa shape index (κ3) is 2.81. The topological polar surface area (TPSA) is 71.3 Å². The second-order valence-electron chi connectivity index (χ2n) is 5.51. The number of nitrogens with one attached hydrogen (secondary N) is 1. The van der Waals surface area contributed by atoms with Crippen LogP contribution in [0.1, 0.15) is 37.3 Å². The molecule has 6 heteroatoms. The van der Waals surface area contributed by atoms with Gasteiger partial charge >= 0.3 is 6.03 Å². The van der Waals surface area contributed by atoms with Crippen LogP contribution in [0.5, 0.6) is 0 Å². The zero-order chi connectivity index (χ0) is 15.5. The number of hydrogen-bond acceptors (Lipinski definition) is 4. The number of carbonyl (C=O) groups excluding carboxylic acids is 1. The number of benzene rings is 1. The molecule has 2 amide bonds. The van der Waals surface area contributed by atoms with E-state index in [-0.39, 0.29) is 12.1 Å². The zero-order valence-corrected chi connectivity index (χ0v) is 12.9. The molecule has 1 aliphatic rings. The van der Waals surface area contributed by atoms with Gasteiger partial charge in [0.2, 0.25) is 11.7 Å². The van der Waals surface area contributed by atoms with Crippen LogP contribution in [-0.2, 0) is 0 Å². The summed E-state index contributed by atoms with van der Waals surface area (Å²) in [6.45, 7) is 5.28. The molecule has 1 N–H and O–H groups in total. The van der Waals surface area contributed by atoms with Gasteiger partial charge in [-0.2, -0.15) is 4.98 Å². The van der Waals surface area contributed by atoms with Crippen molar-refractivity contribution in [2.75, 3.05) is 13.1 Å². The van der Waals surface area contributed by atoms with Crippen LogP contribution in [0.4, 0.5) is 4.79 Å². The van der Waals surface area contributed by atoms with E-state index in [2.05, 4.69) is 15.5 Å². The Bertz CT molecular complexity index is 650. The minimum atomic E-state index is -0.127. The van der Waals surface area contributed by atoms with E-state index >= 15 is 0 Å². The molecule has 1 atom stereocenters. The molecule has 2 heterocycles. The molecule has 0 saturated carbocycles. The molecular formula is C16H20N4O2. The van der Waals surface area contributed by atoms with Crippen LogP contribution >= 0.6 is 0 Å². The minimum absolute atomic E-state index is 0.0694. The van der Waals surface area contributed by atoms with Crippen molar-refractivity contribution in [2.45, 2.75) is 32.7 Å². The Morgan fingerprint density at radius 2 is 2.18 bits per heavy atom. The number of nitrogens with zero attached hydrogens (tertiary/aromatic N) is 3. The van der Waals surface area contributed by atoms with Gasteiger partial charge in [-0.05, 0) is 26.7 Å². The summed E-state index contributed by atoms with van der Waals surface area (Å²) in [5, 5.41) is 6.89. The smallest absolute Gasteiger partial charge is 0.318 e. The largest absolute Gasteiger partial charge is 0.338 e. The Morgan fingerprint density at radius 3 is 2.91 bits per heavy atom. The quantitative estimate of drug-likeness (QED) is 0.946. The fraction of sp³-hybridized carbons (Fsp3) is 0.438. The number of carbonyl (C=O) groups is 1. The first kappa shape index (κ1) is 14.6. The predicted molar refractivity (Wildman–Crippen MR) is 82.2 cm³/mol. The summed E-state index contributed by atoms with van der Waals surface area (Å²) in [7, 11) is 0. The molecule has 1 aromatic carbocycles. The fourth-order valence-corrected chi connectivity index (χ4v) is 2.71. The van der Waals surface area contributed by atoms with E-state index in [1.165, 1.54) is 5.56 Å². The average Bonchev–Trinajstić information content (AvgIpc) is 3.17. The lowest BCUT2D eigenvalue weighted by molar-refractivity contribution is 0.181. The zero-order valence-electron chi connectivity index (χ0n) is 12.9. The van der Waals surface area contributed by atoms with Crippen LogP contribution < -0.4 is 5.32 Å². The molecular weight excluding hydrogens is 280 g/mol. The van der Waals surface area contributed by atoms with Gasteiger partial charge in [-0.25, -0.2) is 4.79 Å². The highest BCUT2D eigenvalue weighted by Crippen LogP contribution is 2.31. The van der Waals surface area contributed by atoms with Crippen molar-refractivity contribution >= 4 is 6.03 Å². The van der Waals surface area contributed by atoms with Crippen molar-refractivity contribution in [2.24, 2.45) is 0 Å². The number of amides is 2. The van der Waals surface area contributed by atoms with E-state index in [0.29, 0.717) is 18.3 Å². The number of hydrogen-bond donors (Lipinski definition) is 1.